The van der Waals surface area contributed by atoms with Gasteiger partial charge in [0.1, 0.15) is 11.2 Å². The van der Waals surface area contributed by atoms with E-state index >= 15 is 0 Å². The first-order chi connectivity index (χ1) is 10.6. The zero-order chi connectivity index (χ0) is 15.7. The minimum absolute atomic E-state index is 0.208. The Morgan fingerprint density at radius 1 is 1.55 bits per heavy atom. The van der Waals surface area contributed by atoms with Crippen LogP contribution in [0.25, 0.3) is 11.0 Å². The number of H-pyrrole nitrogens is 1. The van der Waals surface area contributed by atoms with Gasteiger partial charge in [0.2, 0.25) is 0 Å². The average Bonchev–Trinajstić information content (AvgIpc) is 3.24. The minimum atomic E-state index is -0.252. The molecule has 22 heavy (non-hydrogen) atoms. The molecule has 0 unspecified atom stereocenters. The summed E-state index contributed by atoms with van der Waals surface area (Å²) in [7, 11) is 1.75. The molecule has 8 nitrogen and oxygen atoms in total. The van der Waals surface area contributed by atoms with Gasteiger partial charge in [-0.3, -0.25) is 19.2 Å². The van der Waals surface area contributed by atoms with Crippen molar-refractivity contribution in [1.29, 1.82) is 0 Å². The maximum Gasteiger partial charge on any atom is 0.320 e. The Kier molecular flexibility index (Phi) is 3.93. The van der Waals surface area contributed by atoms with Crippen LogP contribution in [0.1, 0.15) is 25.6 Å². The van der Waals surface area contributed by atoms with Crippen molar-refractivity contribution in [3.63, 3.8) is 0 Å². The molecule has 0 spiro atoms. The summed E-state index contributed by atoms with van der Waals surface area (Å²) in [4.78, 5) is 33.0. The number of nitrogens with one attached hydrogen (secondary N) is 1. The molecule has 2 aromatic heterocycles. The maximum atomic E-state index is 12.0. The summed E-state index contributed by atoms with van der Waals surface area (Å²) in [5.41, 5.74) is 0.339. The molecule has 0 aliphatic heterocycles. The fourth-order valence-corrected chi connectivity index (χ4v) is 2.47. The topological polar surface area (TPSA) is 93.1 Å². The first kappa shape index (κ1) is 14.7. The summed E-state index contributed by atoms with van der Waals surface area (Å²) in [6.07, 6.45) is 3.61. The smallest absolute Gasteiger partial charge is 0.320 e. The summed E-state index contributed by atoms with van der Waals surface area (Å²) in [5.74, 6) is 0.288. The van der Waals surface area contributed by atoms with Crippen LogP contribution in [-0.4, -0.2) is 49.8 Å². The molecular weight excluding hydrogens is 286 g/mol. The van der Waals surface area contributed by atoms with E-state index in [2.05, 4.69) is 15.1 Å². The number of aromatic nitrogens is 4. The standard InChI is InChI=1S/C14H19N5O3/c1-3-22-12(20)8-19(9-4-5-9)7-11-16-13-10(14(21)17-11)6-15-18(13)2/h6,9H,3-5,7-8H2,1-2H3,(H,16,17,21). The van der Waals surface area contributed by atoms with E-state index in [1.807, 2.05) is 4.90 Å². The molecule has 0 amide bonds. The summed E-state index contributed by atoms with van der Waals surface area (Å²) in [5, 5.41) is 4.51. The highest BCUT2D eigenvalue weighted by Crippen LogP contribution is 2.27. The Balaban J connectivity index is 1.82. The normalized spacial score (nSPS) is 14.7. The molecule has 1 N–H and O–H groups in total. The zero-order valence-corrected chi connectivity index (χ0v) is 12.7. The fraction of sp³-hybridized carbons (Fsp3) is 0.571. The second kappa shape index (κ2) is 5.88. The van der Waals surface area contributed by atoms with Gasteiger partial charge in [0.15, 0.2) is 5.65 Å². The van der Waals surface area contributed by atoms with E-state index < -0.39 is 0 Å². The molecule has 0 aromatic carbocycles. The van der Waals surface area contributed by atoms with E-state index in [0.29, 0.717) is 36.1 Å². The van der Waals surface area contributed by atoms with E-state index in [1.54, 1.807) is 18.7 Å². The van der Waals surface area contributed by atoms with Crippen LogP contribution >= 0.6 is 0 Å². The molecule has 8 heteroatoms. The van der Waals surface area contributed by atoms with Gasteiger partial charge in [-0.15, -0.1) is 0 Å². The number of nitrogens with zero attached hydrogens (tertiary/aromatic N) is 4. The quantitative estimate of drug-likeness (QED) is 0.766. The first-order valence-corrected chi connectivity index (χ1v) is 7.39. The number of carbonyl (C=O) groups excluding carboxylic acids is 1. The monoisotopic (exact) mass is 305 g/mol. The van der Waals surface area contributed by atoms with Gasteiger partial charge >= 0.3 is 5.97 Å². The largest absolute Gasteiger partial charge is 0.465 e. The van der Waals surface area contributed by atoms with Crippen molar-refractivity contribution >= 4 is 17.0 Å². The molecule has 118 valence electrons. The number of hydrogen-bond acceptors (Lipinski definition) is 6. The zero-order valence-electron chi connectivity index (χ0n) is 12.7. The summed E-state index contributed by atoms with van der Waals surface area (Å²) >= 11 is 0. The van der Waals surface area contributed by atoms with Crippen LogP contribution in [0.4, 0.5) is 0 Å². The highest BCUT2D eigenvalue weighted by Gasteiger charge is 2.31. The minimum Gasteiger partial charge on any atom is -0.465 e. The molecule has 3 rings (SSSR count). The van der Waals surface area contributed by atoms with Crippen molar-refractivity contribution in [3.05, 3.63) is 22.4 Å². The van der Waals surface area contributed by atoms with E-state index in [9.17, 15) is 9.59 Å². The Hall–Kier alpha value is -2.22. The Morgan fingerprint density at radius 2 is 2.32 bits per heavy atom. The van der Waals surface area contributed by atoms with Gasteiger partial charge < -0.3 is 9.72 Å². The second-order valence-corrected chi connectivity index (χ2v) is 5.46. The SMILES string of the molecule is CCOC(=O)CN(Cc1nc2c(cnn2C)c(=O)[nH]1)C1CC1. The lowest BCUT2D eigenvalue weighted by Crippen LogP contribution is -2.33. The molecule has 1 saturated carbocycles. The first-order valence-electron chi connectivity index (χ1n) is 7.39. The molecule has 0 atom stereocenters. The third kappa shape index (κ3) is 3.01. The summed E-state index contributed by atoms with van der Waals surface area (Å²) < 4.78 is 6.57. The van der Waals surface area contributed by atoms with Crippen molar-refractivity contribution in [2.45, 2.75) is 32.4 Å². The van der Waals surface area contributed by atoms with Crippen LogP contribution in [0.15, 0.2) is 11.0 Å². The summed E-state index contributed by atoms with van der Waals surface area (Å²) in [6.45, 7) is 2.79. The van der Waals surface area contributed by atoms with Crippen molar-refractivity contribution in [2.24, 2.45) is 7.05 Å². The lowest BCUT2D eigenvalue weighted by Gasteiger charge is -2.20. The number of aryl methyl sites for hydroxylation is 1. The average molecular weight is 305 g/mol. The van der Waals surface area contributed by atoms with Crippen molar-refractivity contribution in [2.75, 3.05) is 13.2 Å². The molecule has 2 heterocycles. The van der Waals surface area contributed by atoms with Gasteiger partial charge in [-0.25, -0.2) is 4.98 Å². The number of hydrogen-bond donors (Lipinski definition) is 1. The van der Waals surface area contributed by atoms with Gasteiger partial charge in [-0.05, 0) is 19.8 Å². The summed E-state index contributed by atoms with van der Waals surface area (Å²) in [6, 6.07) is 0.358. The molecule has 1 aliphatic carbocycles. The third-order valence-corrected chi connectivity index (χ3v) is 3.70. The van der Waals surface area contributed by atoms with E-state index in [4.69, 9.17) is 4.74 Å². The maximum absolute atomic E-state index is 12.0. The van der Waals surface area contributed by atoms with Crippen molar-refractivity contribution in [3.8, 4) is 0 Å². The Bertz CT molecular complexity index is 747. The molecule has 2 aromatic rings. The van der Waals surface area contributed by atoms with Crippen LogP contribution < -0.4 is 5.56 Å². The molecule has 0 radical (unpaired) electrons. The molecule has 0 bridgehead atoms. The second-order valence-electron chi connectivity index (χ2n) is 5.46. The molecule has 1 fully saturated rings. The highest BCUT2D eigenvalue weighted by atomic mass is 16.5. The highest BCUT2D eigenvalue weighted by molar-refractivity contribution is 5.73. The lowest BCUT2D eigenvalue weighted by molar-refractivity contribution is -0.144. The van der Waals surface area contributed by atoms with E-state index in [-0.39, 0.29) is 18.1 Å². The van der Waals surface area contributed by atoms with Crippen LogP contribution in [-0.2, 0) is 23.1 Å². The predicted octanol–water partition coefficient (Wildman–Crippen LogP) is 0.184. The van der Waals surface area contributed by atoms with Gasteiger partial charge in [0.05, 0.1) is 25.9 Å². The van der Waals surface area contributed by atoms with Gasteiger partial charge in [0.25, 0.3) is 5.56 Å². The van der Waals surface area contributed by atoms with Crippen LogP contribution in [0.2, 0.25) is 0 Å². The molecule has 1 aliphatic rings. The Labute approximate surface area is 127 Å². The van der Waals surface area contributed by atoms with Crippen molar-refractivity contribution < 1.29 is 9.53 Å². The fourth-order valence-electron chi connectivity index (χ4n) is 2.47. The number of esters is 1. The molecule has 0 saturated heterocycles. The van der Waals surface area contributed by atoms with Gasteiger partial charge in [-0.1, -0.05) is 0 Å². The van der Waals surface area contributed by atoms with Gasteiger partial charge in [-0.2, -0.15) is 5.10 Å². The number of fused-ring (bicyclic) bond motifs is 1. The van der Waals surface area contributed by atoms with Crippen molar-refractivity contribution in [1.82, 2.24) is 24.6 Å². The van der Waals surface area contributed by atoms with E-state index in [0.717, 1.165) is 12.8 Å². The number of rotatable bonds is 6. The molecular formula is C14H19N5O3. The lowest BCUT2D eigenvalue weighted by atomic mass is 10.4. The third-order valence-electron chi connectivity index (χ3n) is 3.70. The number of aromatic amines is 1. The predicted molar refractivity (Wildman–Crippen MR) is 79.2 cm³/mol. The Morgan fingerprint density at radius 3 is 3.00 bits per heavy atom. The van der Waals surface area contributed by atoms with Crippen LogP contribution in [0.3, 0.4) is 0 Å². The number of carbonyl (C=O) groups is 1. The number of ether oxygens (including phenoxy) is 1. The van der Waals surface area contributed by atoms with Gasteiger partial charge in [0, 0.05) is 13.1 Å². The van der Waals surface area contributed by atoms with E-state index in [1.165, 1.54) is 6.20 Å². The van der Waals surface area contributed by atoms with Crippen LogP contribution in [0.5, 0.6) is 0 Å². The van der Waals surface area contributed by atoms with Crippen LogP contribution in [0, 0.1) is 0 Å².